The van der Waals surface area contributed by atoms with Gasteiger partial charge in [-0.25, -0.2) is 4.57 Å². The Bertz CT molecular complexity index is 1440. The van der Waals surface area contributed by atoms with Gasteiger partial charge in [0.05, 0.1) is 27.7 Å². The number of phosphoric ester groups is 1. The lowest BCUT2D eigenvalue weighted by Gasteiger charge is -2.24. The first kappa shape index (κ1) is 62.9. The Hall–Kier alpha value is -3.07. The zero-order chi connectivity index (χ0) is 48.5. The van der Waals surface area contributed by atoms with E-state index >= 15 is 0 Å². The van der Waals surface area contributed by atoms with E-state index in [9.17, 15) is 19.0 Å². The van der Waals surface area contributed by atoms with Crippen LogP contribution in [-0.2, 0) is 32.7 Å². The fourth-order valence-corrected chi connectivity index (χ4v) is 7.36. The lowest BCUT2D eigenvalue weighted by molar-refractivity contribution is -0.870. The SMILES string of the molecule is CC/C=C\C/C=C\C/C=C\C/C=C\C/C=C\C/C=C\C/C=C\C/C=C\CCCCC(=O)OC(COC(=O)CCCCCCCCCCCCCCCCC)COP(=O)(O)OCC[N+](C)(C)C. The molecule has 0 heterocycles. The summed E-state index contributed by atoms with van der Waals surface area (Å²) in [5.74, 6) is -0.852. The molecule has 0 saturated carbocycles. The van der Waals surface area contributed by atoms with Crippen molar-refractivity contribution in [3.63, 3.8) is 0 Å². The number of rotatable bonds is 46. The molecule has 1 N–H and O–H groups in total. The van der Waals surface area contributed by atoms with Crippen molar-refractivity contribution in [1.82, 2.24) is 0 Å². The van der Waals surface area contributed by atoms with Crippen molar-refractivity contribution in [1.29, 1.82) is 0 Å². The van der Waals surface area contributed by atoms with Gasteiger partial charge in [-0.15, -0.1) is 0 Å². The van der Waals surface area contributed by atoms with E-state index < -0.39 is 26.5 Å². The topological polar surface area (TPSA) is 108 Å². The van der Waals surface area contributed by atoms with Crippen LogP contribution in [-0.4, -0.2) is 74.9 Å². The number of likely N-dealkylation sites (N-methyl/N-ethyl adjacent to an activating group) is 1. The van der Waals surface area contributed by atoms with Crippen molar-refractivity contribution < 1.29 is 42.1 Å². The van der Waals surface area contributed by atoms with Gasteiger partial charge in [0.1, 0.15) is 19.8 Å². The van der Waals surface area contributed by atoms with Gasteiger partial charge in [0.15, 0.2) is 6.10 Å². The quantitative estimate of drug-likeness (QED) is 0.0211. The summed E-state index contributed by atoms with van der Waals surface area (Å²) in [4.78, 5) is 35.5. The molecular weight excluding hydrogens is 846 g/mol. The molecule has 378 valence electrons. The number of unbranched alkanes of at least 4 members (excludes halogenated alkanes) is 16. The van der Waals surface area contributed by atoms with Gasteiger partial charge in [0, 0.05) is 12.8 Å². The van der Waals surface area contributed by atoms with Gasteiger partial charge >= 0.3 is 19.8 Å². The van der Waals surface area contributed by atoms with E-state index in [0.717, 1.165) is 83.5 Å². The van der Waals surface area contributed by atoms with Gasteiger partial charge in [-0.2, -0.15) is 0 Å². The zero-order valence-corrected chi connectivity index (χ0v) is 43.5. The summed E-state index contributed by atoms with van der Waals surface area (Å²) in [6, 6.07) is 0. The number of hydrogen-bond donors (Lipinski definition) is 1. The van der Waals surface area contributed by atoms with Crippen LogP contribution in [0.4, 0.5) is 0 Å². The molecule has 0 amide bonds. The smallest absolute Gasteiger partial charge is 0.462 e. The second-order valence-corrected chi connectivity index (χ2v) is 19.6. The minimum Gasteiger partial charge on any atom is -0.462 e. The van der Waals surface area contributed by atoms with Gasteiger partial charge in [-0.3, -0.25) is 18.6 Å². The molecule has 0 saturated heterocycles. The van der Waals surface area contributed by atoms with Gasteiger partial charge in [-0.1, -0.05) is 201 Å². The van der Waals surface area contributed by atoms with Crippen LogP contribution in [0, 0.1) is 0 Å². The first-order chi connectivity index (χ1) is 32.0. The molecule has 0 aliphatic rings. The Labute approximate surface area is 404 Å². The fraction of sp³-hybridized carbons (Fsp3) is 0.679. The summed E-state index contributed by atoms with van der Waals surface area (Å²) in [6.45, 7) is 4.26. The van der Waals surface area contributed by atoms with E-state index in [0.29, 0.717) is 17.4 Å². The Morgan fingerprint density at radius 3 is 1.29 bits per heavy atom. The summed E-state index contributed by atoms with van der Waals surface area (Å²) >= 11 is 0. The molecule has 0 aromatic rings. The van der Waals surface area contributed by atoms with Crippen LogP contribution in [0.25, 0.3) is 0 Å². The number of allylic oxidation sites excluding steroid dienone is 16. The molecule has 0 bridgehead atoms. The van der Waals surface area contributed by atoms with Gasteiger partial charge in [-0.05, 0) is 77.0 Å². The van der Waals surface area contributed by atoms with E-state index in [-0.39, 0.29) is 32.0 Å². The zero-order valence-electron chi connectivity index (χ0n) is 42.6. The van der Waals surface area contributed by atoms with Crippen molar-refractivity contribution >= 4 is 19.8 Å². The molecule has 0 spiro atoms. The molecule has 0 rings (SSSR count). The molecule has 66 heavy (non-hydrogen) atoms. The van der Waals surface area contributed by atoms with Crippen LogP contribution in [0.5, 0.6) is 0 Å². The van der Waals surface area contributed by atoms with Crippen molar-refractivity contribution in [2.75, 3.05) is 47.5 Å². The summed E-state index contributed by atoms with van der Waals surface area (Å²) in [7, 11) is 1.44. The Kier molecular flexibility index (Phi) is 44.8. The molecule has 10 heteroatoms. The number of nitrogens with zero attached hydrogens (tertiary/aromatic N) is 1. The minimum atomic E-state index is -4.40. The minimum absolute atomic E-state index is 0.0189. The van der Waals surface area contributed by atoms with Gasteiger partial charge < -0.3 is 18.9 Å². The third-order valence-corrected chi connectivity index (χ3v) is 11.6. The van der Waals surface area contributed by atoms with Crippen molar-refractivity contribution in [2.24, 2.45) is 0 Å². The number of phosphoric acid groups is 1. The number of esters is 2. The summed E-state index contributed by atoms with van der Waals surface area (Å²) in [6.07, 6.45) is 63.2. The van der Waals surface area contributed by atoms with Gasteiger partial charge in [0.2, 0.25) is 0 Å². The Morgan fingerprint density at radius 2 is 0.864 bits per heavy atom. The number of ether oxygens (including phenoxy) is 2. The normalized spacial score (nSPS) is 14.2. The molecule has 0 radical (unpaired) electrons. The monoisotopic (exact) mass is 943 g/mol. The van der Waals surface area contributed by atoms with Crippen molar-refractivity contribution in [3.05, 3.63) is 97.2 Å². The van der Waals surface area contributed by atoms with E-state index in [1.807, 2.05) is 21.1 Å². The van der Waals surface area contributed by atoms with E-state index in [2.05, 4.69) is 111 Å². The lowest BCUT2D eigenvalue weighted by atomic mass is 10.0. The third-order valence-electron chi connectivity index (χ3n) is 10.6. The van der Waals surface area contributed by atoms with Crippen LogP contribution in [0.15, 0.2) is 97.2 Å². The largest absolute Gasteiger partial charge is 0.472 e. The molecular formula is C56H97NO8P+. The highest BCUT2D eigenvalue weighted by atomic mass is 31.2. The second-order valence-electron chi connectivity index (χ2n) is 18.2. The summed E-state index contributed by atoms with van der Waals surface area (Å²) < 4.78 is 34.4. The molecule has 0 aromatic heterocycles. The average Bonchev–Trinajstić information content (AvgIpc) is 3.27. The third kappa shape index (κ3) is 50.3. The maximum Gasteiger partial charge on any atom is 0.472 e. The maximum absolute atomic E-state index is 12.7. The maximum atomic E-state index is 12.7. The molecule has 2 unspecified atom stereocenters. The van der Waals surface area contributed by atoms with Crippen LogP contribution < -0.4 is 0 Å². The molecule has 0 fully saturated rings. The molecule has 9 nitrogen and oxygen atoms in total. The second kappa shape index (κ2) is 47.0. The first-order valence-corrected chi connectivity index (χ1v) is 27.5. The van der Waals surface area contributed by atoms with E-state index in [1.165, 1.54) is 77.0 Å². The molecule has 0 aliphatic carbocycles. The molecule has 0 aromatic carbocycles. The van der Waals surface area contributed by atoms with Crippen molar-refractivity contribution in [2.45, 2.75) is 200 Å². The predicted octanol–water partition coefficient (Wildman–Crippen LogP) is 15.7. The standard InChI is InChI=1S/C56H96NO8P/c1-6-8-10-12-14-16-18-20-22-23-24-25-26-27-28-29-30-31-32-33-35-37-39-41-43-45-47-49-56(59)65-54(53-64-66(60,61)63-51-50-57(3,4)5)52-62-55(58)48-46-44-42-40-38-36-34-21-19-17-15-13-11-9-7-2/h8,10,14,16,20,22,24-25,27-28,30-31,33,35,39,41,54H,6-7,9,11-13,15,17-19,21,23,26,29,32,34,36-38,40,42-53H2,1-5H3/p+1/b10-8-,16-14-,22-20-,25-24-,28-27-,31-30-,35-33-,41-39-. The van der Waals surface area contributed by atoms with Crippen LogP contribution in [0.3, 0.4) is 0 Å². The fourth-order valence-electron chi connectivity index (χ4n) is 6.62. The Balaban J connectivity index is 4.36. The number of hydrogen-bond acceptors (Lipinski definition) is 7. The lowest BCUT2D eigenvalue weighted by Crippen LogP contribution is -2.37. The number of carbonyl (C=O) groups excluding carboxylic acids is 2. The van der Waals surface area contributed by atoms with Crippen LogP contribution in [0.2, 0.25) is 0 Å². The van der Waals surface area contributed by atoms with Gasteiger partial charge in [0.25, 0.3) is 0 Å². The van der Waals surface area contributed by atoms with E-state index in [4.69, 9.17) is 18.5 Å². The summed E-state index contributed by atoms with van der Waals surface area (Å²) in [5, 5.41) is 0. The highest BCUT2D eigenvalue weighted by molar-refractivity contribution is 7.47. The van der Waals surface area contributed by atoms with Crippen molar-refractivity contribution in [3.8, 4) is 0 Å². The van der Waals surface area contributed by atoms with Crippen LogP contribution in [0.1, 0.15) is 194 Å². The summed E-state index contributed by atoms with van der Waals surface area (Å²) in [5.41, 5.74) is 0. The average molecular weight is 943 g/mol. The molecule has 2 atom stereocenters. The highest BCUT2D eigenvalue weighted by Crippen LogP contribution is 2.43. The van der Waals surface area contributed by atoms with Crippen LogP contribution >= 0.6 is 7.82 Å². The highest BCUT2D eigenvalue weighted by Gasteiger charge is 2.27. The number of quaternary nitrogens is 1. The first-order valence-electron chi connectivity index (χ1n) is 26.0. The number of carbonyl (C=O) groups is 2. The van der Waals surface area contributed by atoms with E-state index in [1.54, 1.807) is 0 Å². The Morgan fingerprint density at radius 1 is 0.485 bits per heavy atom. The predicted molar refractivity (Wildman–Crippen MR) is 279 cm³/mol. The molecule has 0 aliphatic heterocycles.